The number of furan rings is 1. The molecule has 1 aromatic carbocycles. The third kappa shape index (κ3) is 0.762. The summed E-state index contributed by atoms with van der Waals surface area (Å²) in [5.74, 6) is 0. The van der Waals surface area contributed by atoms with Crippen molar-refractivity contribution in [2.45, 2.75) is 0 Å². The lowest BCUT2D eigenvalue weighted by molar-refractivity contribution is 0.604. The number of rotatable bonds is 0. The molecule has 0 fully saturated rings. The van der Waals surface area contributed by atoms with Gasteiger partial charge in [-0.15, -0.1) is 0 Å². The number of fused-ring (bicyclic) bond motifs is 1. The Balaban J connectivity index is 2.93. The van der Waals surface area contributed by atoms with Gasteiger partial charge in [0.15, 0.2) is 6.26 Å². The third-order valence-electron chi connectivity index (χ3n) is 1.37. The van der Waals surface area contributed by atoms with Crippen molar-refractivity contribution < 1.29 is 4.42 Å². The average Bonchev–Trinajstić information content (AvgIpc) is 2.34. The fourth-order valence-electron chi connectivity index (χ4n) is 0.892. The molecule has 0 spiro atoms. The second-order valence-corrected chi connectivity index (χ2v) is 2.81. The van der Waals surface area contributed by atoms with Gasteiger partial charge >= 0.3 is 0 Å². The van der Waals surface area contributed by atoms with Gasteiger partial charge in [0, 0.05) is 5.39 Å². The van der Waals surface area contributed by atoms with Crippen molar-refractivity contribution in [1.82, 2.24) is 0 Å². The van der Waals surface area contributed by atoms with E-state index in [1.54, 1.807) is 0 Å². The first kappa shape index (κ1) is 5.98. The Kier molecular flexibility index (Phi) is 1.27. The van der Waals surface area contributed by atoms with E-state index < -0.39 is 0 Å². The van der Waals surface area contributed by atoms with Gasteiger partial charge in [-0.2, -0.15) is 0 Å². The standard InChI is InChI=1S/C8H4BrO/c9-7-5-10-8-4-2-1-3-6(7)8/h1-4H. The van der Waals surface area contributed by atoms with Gasteiger partial charge < -0.3 is 4.42 Å². The van der Waals surface area contributed by atoms with Gasteiger partial charge in [-0.1, -0.05) is 12.1 Å². The predicted molar refractivity (Wildman–Crippen MR) is 42.8 cm³/mol. The van der Waals surface area contributed by atoms with E-state index in [2.05, 4.69) is 22.2 Å². The Labute approximate surface area is 66.8 Å². The molecule has 49 valence electrons. The topological polar surface area (TPSA) is 13.1 Å². The summed E-state index contributed by atoms with van der Waals surface area (Å²) in [5, 5.41) is 1.07. The van der Waals surface area contributed by atoms with Crippen molar-refractivity contribution in [2.75, 3.05) is 0 Å². The van der Waals surface area contributed by atoms with Gasteiger partial charge in [-0.05, 0) is 28.1 Å². The van der Waals surface area contributed by atoms with Crippen molar-refractivity contribution in [2.24, 2.45) is 0 Å². The Morgan fingerprint density at radius 1 is 1.30 bits per heavy atom. The zero-order valence-corrected chi connectivity index (χ0v) is 6.68. The number of hydrogen-bond acceptors (Lipinski definition) is 1. The summed E-state index contributed by atoms with van der Waals surface area (Å²) in [6.45, 7) is 0. The van der Waals surface area contributed by atoms with Crippen LogP contribution < -0.4 is 0 Å². The summed E-state index contributed by atoms with van der Waals surface area (Å²) in [5.41, 5.74) is 0.870. The molecule has 1 radical (unpaired) electrons. The Morgan fingerprint density at radius 2 is 2.10 bits per heavy atom. The minimum Gasteiger partial charge on any atom is -0.451 e. The van der Waals surface area contributed by atoms with E-state index >= 15 is 0 Å². The predicted octanol–water partition coefficient (Wildman–Crippen LogP) is 3.00. The van der Waals surface area contributed by atoms with Gasteiger partial charge in [0.05, 0.1) is 4.47 Å². The molecule has 0 aliphatic heterocycles. The van der Waals surface area contributed by atoms with Gasteiger partial charge in [0.1, 0.15) is 5.58 Å². The zero-order chi connectivity index (χ0) is 6.97. The number of halogens is 1. The minimum atomic E-state index is 0.870. The highest BCUT2D eigenvalue weighted by Crippen LogP contribution is 2.24. The lowest BCUT2D eigenvalue weighted by Gasteiger charge is -1.83. The fourth-order valence-corrected chi connectivity index (χ4v) is 1.30. The highest BCUT2D eigenvalue weighted by Gasteiger charge is 1.99. The molecule has 2 aromatic rings. The maximum absolute atomic E-state index is 5.08. The van der Waals surface area contributed by atoms with Crippen LogP contribution in [-0.4, -0.2) is 0 Å². The van der Waals surface area contributed by atoms with E-state index in [1.807, 2.05) is 24.3 Å². The van der Waals surface area contributed by atoms with Crippen LogP contribution in [-0.2, 0) is 0 Å². The highest BCUT2D eigenvalue weighted by molar-refractivity contribution is 9.10. The van der Waals surface area contributed by atoms with Gasteiger partial charge in [0.25, 0.3) is 0 Å². The summed E-state index contributed by atoms with van der Waals surface area (Å²) in [7, 11) is 0. The van der Waals surface area contributed by atoms with Crippen molar-refractivity contribution >= 4 is 26.9 Å². The molecule has 0 N–H and O–H groups in total. The minimum absolute atomic E-state index is 0.870. The molecule has 0 aliphatic carbocycles. The van der Waals surface area contributed by atoms with Crippen molar-refractivity contribution in [3.05, 3.63) is 35.0 Å². The van der Waals surface area contributed by atoms with Crippen molar-refractivity contribution in [3.8, 4) is 0 Å². The molecule has 0 amide bonds. The van der Waals surface area contributed by atoms with E-state index in [-0.39, 0.29) is 0 Å². The molecule has 0 bridgehead atoms. The SMILES string of the molecule is Brc1[c]oc2ccccc12. The molecule has 0 saturated carbocycles. The van der Waals surface area contributed by atoms with Crippen LogP contribution in [0.3, 0.4) is 0 Å². The normalized spacial score (nSPS) is 10.5. The first-order valence-corrected chi connectivity index (χ1v) is 3.72. The maximum atomic E-state index is 5.08. The number of para-hydroxylation sites is 1. The lowest BCUT2D eigenvalue weighted by Crippen LogP contribution is -1.60. The molecular weight excluding hydrogens is 192 g/mol. The maximum Gasteiger partial charge on any atom is 0.186 e. The first-order valence-electron chi connectivity index (χ1n) is 2.92. The quantitative estimate of drug-likeness (QED) is 0.631. The zero-order valence-electron chi connectivity index (χ0n) is 5.10. The Bertz CT molecular complexity index is 351. The molecule has 0 aliphatic rings. The summed E-state index contributed by atoms with van der Waals surface area (Å²) < 4.78 is 5.97. The van der Waals surface area contributed by atoms with Crippen LogP contribution in [0, 0.1) is 6.26 Å². The summed E-state index contributed by atoms with van der Waals surface area (Å²) in [6.07, 6.45) is 2.72. The van der Waals surface area contributed by atoms with Crippen molar-refractivity contribution in [1.29, 1.82) is 0 Å². The Hall–Kier alpha value is -0.760. The molecule has 0 saturated heterocycles. The van der Waals surface area contributed by atoms with Crippen LogP contribution in [0.1, 0.15) is 0 Å². The van der Waals surface area contributed by atoms with E-state index in [0.29, 0.717) is 0 Å². The lowest BCUT2D eigenvalue weighted by atomic mass is 10.3. The second kappa shape index (κ2) is 2.13. The van der Waals surface area contributed by atoms with Crippen LogP contribution in [0.15, 0.2) is 33.2 Å². The second-order valence-electron chi connectivity index (χ2n) is 2.01. The van der Waals surface area contributed by atoms with E-state index in [4.69, 9.17) is 4.42 Å². The molecular formula is C8H4BrO. The van der Waals surface area contributed by atoms with Gasteiger partial charge in [0.2, 0.25) is 0 Å². The molecule has 2 rings (SSSR count). The molecule has 1 aromatic heterocycles. The van der Waals surface area contributed by atoms with Crippen LogP contribution in [0.5, 0.6) is 0 Å². The average molecular weight is 196 g/mol. The largest absolute Gasteiger partial charge is 0.451 e. The van der Waals surface area contributed by atoms with Crippen LogP contribution in [0.4, 0.5) is 0 Å². The van der Waals surface area contributed by atoms with E-state index in [9.17, 15) is 0 Å². The first-order chi connectivity index (χ1) is 4.88. The molecule has 1 nitrogen and oxygen atoms in total. The van der Waals surface area contributed by atoms with Gasteiger partial charge in [-0.3, -0.25) is 0 Å². The highest BCUT2D eigenvalue weighted by atomic mass is 79.9. The smallest absolute Gasteiger partial charge is 0.186 e. The summed E-state index contributed by atoms with van der Waals surface area (Å²) >= 11 is 3.32. The molecule has 0 atom stereocenters. The Morgan fingerprint density at radius 3 is 2.90 bits per heavy atom. The molecule has 1 heterocycles. The molecule has 2 heteroatoms. The van der Waals surface area contributed by atoms with Crippen LogP contribution in [0.2, 0.25) is 0 Å². The number of benzene rings is 1. The van der Waals surface area contributed by atoms with E-state index in [1.165, 1.54) is 0 Å². The van der Waals surface area contributed by atoms with Gasteiger partial charge in [-0.25, -0.2) is 0 Å². The summed E-state index contributed by atoms with van der Waals surface area (Å²) in [6, 6.07) is 7.80. The van der Waals surface area contributed by atoms with Crippen molar-refractivity contribution in [3.63, 3.8) is 0 Å². The van der Waals surface area contributed by atoms with Crippen LogP contribution >= 0.6 is 15.9 Å². The molecule has 0 unspecified atom stereocenters. The molecule has 10 heavy (non-hydrogen) atoms. The monoisotopic (exact) mass is 195 g/mol. The van der Waals surface area contributed by atoms with Crippen LogP contribution in [0.25, 0.3) is 11.0 Å². The fraction of sp³-hybridized carbons (Fsp3) is 0. The third-order valence-corrected chi connectivity index (χ3v) is 1.96. The number of hydrogen-bond donors (Lipinski definition) is 0. The summed E-state index contributed by atoms with van der Waals surface area (Å²) in [4.78, 5) is 0. The van der Waals surface area contributed by atoms with E-state index in [0.717, 1.165) is 15.4 Å².